The third-order valence-corrected chi connectivity index (χ3v) is 7.39. The summed E-state index contributed by atoms with van der Waals surface area (Å²) < 4.78 is 46.1. The van der Waals surface area contributed by atoms with E-state index in [1.807, 2.05) is 51.1 Å². The zero-order chi connectivity index (χ0) is 29.2. The Morgan fingerprint density at radius 1 is 1.02 bits per heavy atom. The molecule has 2 aromatic heterocycles. The molecule has 0 aliphatic heterocycles. The Labute approximate surface area is 243 Å². The molecule has 13 heteroatoms. The molecule has 40 heavy (non-hydrogen) atoms. The molecule has 0 aliphatic carbocycles. The number of nitrogens with one attached hydrogen (secondary N) is 1. The van der Waals surface area contributed by atoms with E-state index < -0.39 is 23.2 Å². The first kappa shape index (κ1) is 29.7. The first-order valence-corrected chi connectivity index (χ1v) is 13.5. The molecule has 0 fully saturated rings. The minimum Gasteiger partial charge on any atom is -0.374 e. The monoisotopic (exact) mass is 609 g/mol. The van der Waals surface area contributed by atoms with Gasteiger partial charge in [-0.3, -0.25) is 0 Å². The van der Waals surface area contributed by atoms with Crippen molar-refractivity contribution < 1.29 is 22.7 Å². The van der Waals surface area contributed by atoms with Crippen molar-refractivity contribution in [3.63, 3.8) is 0 Å². The van der Waals surface area contributed by atoms with Gasteiger partial charge in [-0.25, -0.2) is 14.3 Å². The fraction of sp³-hybridized carbons (Fsp3) is 0.259. The van der Waals surface area contributed by atoms with Crippen LogP contribution in [0.4, 0.5) is 18.0 Å². The van der Waals surface area contributed by atoms with Gasteiger partial charge >= 0.3 is 18.3 Å². The number of pyridine rings is 1. The van der Waals surface area contributed by atoms with Crippen LogP contribution in [0.25, 0.3) is 5.69 Å². The van der Waals surface area contributed by atoms with E-state index in [1.165, 1.54) is 10.6 Å². The van der Waals surface area contributed by atoms with Crippen LogP contribution in [-0.2, 0) is 11.6 Å². The summed E-state index contributed by atoms with van der Waals surface area (Å²) >= 11 is 13.7. The van der Waals surface area contributed by atoms with Crippen LogP contribution >= 0.6 is 35.0 Å². The zero-order valence-corrected chi connectivity index (χ0v) is 24.1. The lowest BCUT2D eigenvalue weighted by Crippen LogP contribution is -2.30. The van der Waals surface area contributed by atoms with Crippen molar-refractivity contribution in [1.29, 1.82) is 0 Å². The molecule has 0 spiro atoms. The second-order valence-corrected chi connectivity index (χ2v) is 11.6. The van der Waals surface area contributed by atoms with Crippen molar-refractivity contribution >= 4 is 41.1 Å². The molecule has 4 rings (SSSR count). The Balaban J connectivity index is 1.75. The summed E-state index contributed by atoms with van der Waals surface area (Å²) in [5.41, 5.74) is 0.729. The fourth-order valence-corrected chi connectivity index (χ4v) is 4.83. The van der Waals surface area contributed by atoms with Gasteiger partial charge in [-0.15, -0.1) is 5.10 Å². The highest BCUT2D eigenvalue weighted by Gasteiger charge is 2.31. The molecule has 1 unspecified atom stereocenters. The first-order valence-electron chi connectivity index (χ1n) is 11.9. The minimum atomic E-state index is -4.52. The first-order chi connectivity index (χ1) is 18.7. The normalized spacial score (nSPS) is 12.7. The third kappa shape index (κ3) is 6.89. The van der Waals surface area contributed by atoms with Crippen molar-refractivity contribution in [2.24, 2.45) is 0 Å². The molecule has 0 saturated heterocycles. The van der Waals surface area contributed by atoms with Gasteiger partial charge < -0.3 is 10.1 Å². The maximum atomic E-state index is 13.0. The predicted molar refractivity (Wildman–Crippen MR) is 147 cm³/mol. The van der Waals surface area contributed by atoms with Crippen LogP contribution in [0.5, 0.6) is 6.01 Å². The van der Waals surface area contributed by atoms with E-state index in [0.717, 1.165) is 35.2 Å². The number of hydrogen-bond donors (Lipinski definition) is 1. The maximum absolute atomic E-state index is 13.0. The van der Waals surface area contributed by atoms with Crippen LogP contribution < -0.4 is 10.1 Å². The zero-order valence-electron chi connectivity index (χ0n) is 21.8. The van der Waals surface area contributed by atoms with Gasteiger partial charge in [-0.05, 0) is 59.5 Å². The molecule has 2 aromatic carbocycles. The number of carbonyl (C=O) groups excluding carboxylic acids is 1. The molecule has 0 aliphatic rings. The Morgan fingerprint density at radius 2 is 1.70 bits per heavy atom. The number of halogens is 5. The van der Waals surface area contributed by atoms with E-state index in [-0.39, 0.29) is 27.3 Å². The molecule has 0 bridgehead atoms. The van der Waals surface area contributed by atoms with Crippen molar-refractivity contribution in [2.45, 2.75) is 55.5 Å². The van der Waals surface area contributed by atoms with Crippen molar-refractivity contribution in [1.82, 2.24) is 25.1 Å². The van der Waals surface area contributed by atoms with Gasteiger partial charge in [-0.1, -0.05) is 79.4 Å². The highest BCUT2D eigenvalue weighted by atomic mass is 35.5. The van der Waals surface area contributed by atoms with Gasteiger partial charge in [0.1, 0.15) is 5.03 Å². The molecule has 1 N–H and O–H groups in total. The van der Waals surface area contributed by atoms with Crippen LogP contribution in [0.15, 0.2) is 71.0 Å². The molecule has 7 nitrogen and oxygen atoms in total. The van der Waals surface area contributed by atoms with Crippen molar-refractivity contribution in [3.8, 4) is 11.7 Å². The summed E-state index contributed by atoms with van der Waals surface area (Å²) in [5, 5.41) is 11.9. The van der Waals surface area contributed by atoms with E-state index in [0.29, 0.717) is 10.7 Å². The van der Waals surface area contributed by atoms with Crippen molar-refractivity contribution in [3.05, 3.63) is 87.5 Å². The number of ether oxygens (including phenoxy) is 1. The number of amides is 1. The fourth-order valence-electron chi connectivity index (χ4n) is 3.73. The topological polar surface area (TPSA) is 81.9 Å². The molecule has 0 radical (unpaired) electrons. The average Bonchev–Trinajstić information content (AvgIpc) is 3.26. The summed E-state index contributed by atoms with van der Waals surface area (Å²) in [6.07, 6.45) is -4.58. The molecular weight excluding hydrogens is 586 g/mol. The van der Waals surface area contributed by atoms with Crippen LogP contribution in [-0.4, -0.2) is 25.8 Å². The third-order valence-electron chi connectivity index (χ3n) is 5.77. The summed E-state index contributed by atoms with van der Waals surface area (Å²) in [6.45, 7) is 7.67. The van der Waals surface area contributed by atoms with Gasteiger partial charge in [0, 0.05) is 6.20 Å². The van der Waals surface area contributed by atoms with Crippen LogP contribution in [0.2, 0.25) is 10.0 Å². The van der Waals surface area contributed by atoms with Gasteiger partial charge in [0.25, 0.3) is 0 Å². The van der Waals surface area contributed by atoms with Gasteiger partial charge in [0.2, 0.25) is 5.16 Å². The molecule has 1 atom stereocenters. The highest BCUT2D eigenvalue weighted by Crippen LogP contribution is 2.39. The molecule has 2 heterocycles. The van der Waals surface area contributed by atoms with Crippen LogP contribution in [0.1, 0.15) is 50.4 Å². The minimum absolute atomic E-state index is 0.176. The summed E-state index contributed by atoms with van der Waals surface area (Å²) in [5.74, 6) is 0. The molecule has 1 amide bonds. The molecular formula is C27H24Cl2F3N5O2S. The Hall–Kier alpha value is -3.28. The van der Waals surface area contributed by atoms with Crippen LogP contribution in [0, 0.1) is 0 Å². The average molecular weight is 610 g/mol. The Morgan fingerprint density at radius 3 is 2.30 bits per heavy atom. The lowest BCUT2D eigenvalue weighted by Gasteiger charge is -2.25. The van der Waals surface area contributed by atoms with Gasteiger partial charge in [0.05, 0.1) is 27.3 Å². The molecule has 210 valence electrons. The number of aromatic nitrogens is 4. The van der Waals surface area contributed by atoms with E-state index in [4.69, 9.17) is 27.9 Å². The molecule has 4 aromatic rings. The van der Waals surface area contributed by atoms with E-state index >= 15 is 0 Å². The number of carbonyl (C=O) groups is 1. The summed E-state index contributed by atoms with van der Waals surface area (Å²) in [6, 6.07) is 14.2. The number of benzene rings is 2. The summed E-state index contributed by atoms with van der Waals surface area (Å²) in [7, 11) is 0. The smallest absolute Gasteiger partial charge is 0.374 e. The SMILES string of the molecule is CC(NC(=O)Oc1nnc(Sc2ccc(C(F)(F)F)cn2)n1-c1cc(Cl)c(Cl)cc1C(C)(C)C)c1ccccc1. The lowest BCUT2D eigenvalue weighted by atomic mass is 9.85. The maximum Gasteiger partial charge on any atom is 0.417 e. The Kier molecular flexibility index (Phi) is 8.67. The number of hydrogen-bond acceptors (Lipinski definition) is 6. The number of nitrogens with zero attached hydrogens (tertiary/aromatic N) is 4. The number of alkyl halides is 3. The predicted octanol–water partition coefficient (Wildman–Crippen LogP) is 8.29. The largest absolute Gasteiger partial charge is 0.417 e. The van der Waals surface area contributed by atoms with Crippen LogP contribution in [0.3, 0.4) is 0 Å². The van der Waals surface area contributed by atoms with Crippen molar-refractivity contribution in [2.75, 3.05) is 0 Å². The van der Waals surface area contributed by atoms with Gasteiger partial charge in [0.15, 0.2) is 0 Å². The second-order valence-electron chi connectivity index (χ2n) is 9.79. The number of rotatable bonds is 6. The molecule has 0 saturated carbocycles. The van der Waals surface area contributed by atoms with Gasteiger partial charge in [-0.2, -0.15) is 13.2 Å². The van der Waals surface area contributed by atoms with E-state index in [9.17, 15) is 18.0 Å². The summed E-state index contributed by atoms with van der Waals surface area (Å²) in [4.78, 5) is 16.8. The van der Waals surface area contributed by atoms with E-state index in [2.05, 4.69) is 20.5 Å². The second kappa shape index (κ2) is 11.7. The standard InChI is InChI=1S/C27H24Cl2F3N5O2S/c1-15(16-8-6-5-7-9-16)34-25(38)39-23-35-36-24(40-22-11-10-17(14-33-22)27(30,31)32)37(23)21-13-20(29)19(28)12-18(21)26(2,3)4/h5-15H,1-4H3,(H,34,38). The Bertz CT molecular complexity index is 1510. The quantitative estimate of drug-likeness (QED) is 0.237. The lowest BCUT2D eigenvalue weighted by molar-refractivity contribution is -0.137. The highest BCUT2D eigenvalue weighted by molar-refractivity contribution is 7.99. The van der Waals surface area contributed by atoms with E-state index in [1.54, 1.807) is 19.1 Å².